The van der Waals surface area contributed by atoms with E-state index in [9.17, 15) is 9.90 Å². The summed E-state index contributed by atoms with van der Waals surface area (Å²) in [6, 6.07) is 16.2. The number of hydrogen-bond donors (Lipinski definition) is 4. The average molecular weight is 484 g/mol. The van der Waals surface area contributed by atoms with Gasteiger partial charge in [0.15, 0.2) is 0 Å². The van der Waals surface area contributed by atoms with E-state index in [0.29, 0.717) is 12.3 Å². The quantitative estimate of drug-likeness (QED) is 0.424. The summed E-state index contributed by atoms with van der Waals surface area (Å²) in [7, 11) is 1.72. The fourth-order valence-corrected chi connectivity index (χ4v) is 6.21. The van der Waals surface area contributed by atoms with E-state index < -0.39 is 0 Å². The van der Waals surface area contributed by atoms with Crippen LogP contribution < -0.4 is 20.7 Å². The van der Waals surface area contributed by atoms with Crippen LogP contribution in [0.1, 0.15) is 45.8 Å². The molecule has 3 aliphatic rings. The van der Waals surface area contributed by atoms with Gasteiger partial charge in [0.2, 0.25) is 5.91 Å². The first-order valence-electron chi connectivity index (χ1n) is 12.9. The molecule has 1 aliphatic carbocycles. The van der Waals surface area contributed by atoms with Gasteiger partial charge in [-0.3, -0.25) is 4.79 Å². The lowest BCUT2D eigenvalue weighted by molar-refractivity contribution is -0.122. The van der Waals surface area contributed by atoms with Crippen molar-refractivity contribution in [2.75, 3.05) is 24.3 Å². The molecular weight excluding hydrogens is 450 g/mol. The van der Waals surface area contributed by atoms with Gasteiger partial charge in [-0.25, -0.2) is 0 Å². The van der Waals surface area contributed by atoms with Crippen molar-refractivity contribution in [2.24, 2.45) is 5.92 Å². The first kappa shape index (κ1) is 22.8. The molecule has 0 saturated heterocycles. The minimum Gasteiger partial charge on any atom is -0.508 e. The topological polar surface area (TPSA) is 82.6 Å². The lowest BCUT2D eigenvalue weighted by atomic mass is 9.91. The zero-order valence-electron chi connectivity index (χ0n) is 20.9. The highest BCUT2D eigenvalue weighted by Gasteiger charge is 2.31. The van der Waals surface area contributed by atoms with E-state index >= 15 is 0 Å². The summed E-state index contributed by atoms with van der Waals surface area (Å²) in [5.74, 6) is 1.74. The minimum absolute atomic E-state index is 0.00790. The van der Waals surface area contributed by atoms with Crippen molar-refractivity contribution in [3.05, 3.63) is 81.9 Å². The molecule has 3 atom stereocenters. The summed E-state index contributed by atoms with van der Waals surface area (Å²) in [6.07, 6.45) is 4.68. The first-order valence-corrected chi connectivity index (χ1v) is 12.9. The summed E-state index contributed by atoms with van der Waals surface area (Å²) in [5, 5.41) is 20.0. The molecule has 1 amide bonds. The molecule has 4 N–H and O–H groups in total. The van der Waals surface area contributed by atoms with Crippen molar-refractivity contribution in [1.29, 1.82) is 0 Å². The molecule has 0 aromatic heterocycles. The second-order valence-electron chi connectivity index (χ2n) is 10.5. The number of phenolic OH excluding ortho intramolecular Hbond substituents is 1. The summed E-state index contributed by atoms with van der Waals surface area (Å²) in [5.41, 5.74) is 9.41. The maximum atomic E-state index is 13.3. The SMILES string of the molecule is COc1ccc2c(c1)CC(Cc1ccc3c(c1)C(NC(=O)C1Cc4c(C)cc(O)cc4N1)CCN3)C2. The smallest absolute Gasteiger partial charge is 0.243 e. The number of aryl methyl sites for hydroxylation is 1. The number of aromatic hydroxyl groups is 1. The van der Waals surface area contributed by atoms with Gasteiger partial charge in [-0.05, 0) is 96.2 Å². The number of carbonyl (C=O) groups is 1. The molecule has 6 rings (SSSR count). The number of methoxy groups -OCH3 is 1. The van der Waals surface area contributed by atoms with E-state index in [-0.39, 0.29) is 23.7 Å². The van der Waals surface area contributed by atoms with Gasteiger partial charge in [0.05, 0.1) is 13.2 Å². The maximum Gasteiger partial charge on any atom is 0.243 e. The van der Waals surface area contributed by atoms with Gasteiger partial charge in [0.25, 0.3) is 0 Å². The van der Waals surface area contributed by atoms with Crippen LogP contribution in [0.15, 0.2) is 48.5 Å². The summed E-state index contributed by atoms with van der Waals surface area (Å²) in [6.45, 7) is 2.81. The van der Waals surface area contributed by atoms with Crippen LogP contribution >= 0.6 is 0 Å². The number of fused-ring (bicyclic) bond motifs is 3. The number of phenols is 1. The Morgan fingerprint density at radius 3 is 2.78 bits per heavy atom. The van der Waals surface area contributed by atoms with E-state index in [1.165, 1.54) is 22.3 Å². The molecule has 3 aromatic rings. The minimum atomic E-state index is -0.323. The second-order valence-corrected chi connectivity index (χ2v) is 10.5. The molecule has 0 saturated carbocycles. The number of ether oxygens (including phenoxy) is 1. The Kier molecular flexibility index (Phi) is 5.75. The highest BCUT2D eigenvalue weighted by Crippen LogP contribution is 2.36. The fourth-order valence-electron chi connectivity index (χ4n) is 6.21. The number of benzene rings is 3. The molecule has 3 aromatic carbocycles. The van der Waals surface area contributed by atoms with E-state index in [1.54, 1.807) is 19.2 Å². The second kappa shape index (κ2) is 9.08. The zero-order valence-corrected chi connectivity index (χ0v) is 20.9. The normalized spacial score (nSPS) is 21.6. The van der Waals surface area contributed by atoms with E-state index in [2.05, 4.69) is 52.3 Å². The average Bonchev–Trinajstić information content (AvgIpc) is 3.47. The monoisotopic (exact) mass is 483 g/mol. The van der Waals surface area contributed by atoms with Crippen LogP contribution in [-0.4, -0.2) is 30.7 Å². The third kappa shape index (κ3) is 4.25. The Labute approximate surface area is 212 Å². The molecule has 186 valence electrons. The molecule has 3 unspecified atom stereocenters. The molecule has 2 aliphatic heterocycles. The third-order valence-corrected chi connectivity index (χ3v) is 8.02. The molecule has 0 spiro atoms. The van der Waals surface area contributed by atoms with Gasteiger partial charge in [0.1, 0.15) is 17.5 Å². The van der Waals surface area contributed by atoms with Crippen LogP contribution in [0.25, 0.3) is 0 Å². The van der Waals surface area contributed by atoms with Crippen LogP contribution in [0.3, 0.4) is 0 Å². The van der Waals surface area contributed by atoms with Gasteiger partial charge in [0, 0.05) is 30.4 Å². The molecule has 0 radical (unpaired) electrons. The number of rotatable bonds is 5. The van der Waals surface area contributed by atoms with Gasteiger partial charge >= 0.3 is 0 Å². The fraction of sp³-hybridized carbons (Fsp3) is 0.367. The van der Waals surface area contributed by atoms with Crippen LogP contribution in [0, 0.1) is 12.8 Å². The molecule has 0 bridgehead atoms. The Bertz CT molecular complexity index is 1340. The van der Waals surface area contributed by atoms with E-state index in [1.807, 2.05) is 6.92 Å². The number of amides is 1. The van der Waals surface area contributed by atoms with Crippen molar-refractivity contribution < 1.29 is 14.6 Å². The Morgan fingerprint density at radius 2 is 1.92 bits per heavy atom. The Morgan fingerprint density at radius 1 is 1.06 bits per heavy atom. The predicted molar refractivity (Wildman–Crippen MR) is 142 cm³/mol. The third-order valence-electron chi connectivity index (χ3n) is 8.02. The van der Waals surface area contributed by atoms with Gasteiger partial charge in [-0.15, -0.1) is 0 Å². The van der Waals surface area contributed by atoms with Crippen molar-refractivity contribution in [1.82, 2.24) is 5.32 Å². The van der Waals surface area contributed by atoms with Gasteiger partial charge < -0.3 is 25.8 Å². The van der Waals surface area contributed by atoms with Crippen LogP contribution in [0.5, 0.6) is 11.5 Å². The summed E-state index contributed by atoms with van der Waals surface area (Å²) >= 11 is 0. The van der Waals surface area contributed by atoms with Crippen molar-refractivity contribution in [3.63, 3.8) is 0 Å². The molecule has 6 nitrogen and oxygen atoms in total. The van der Waals surface area contributed by atoms with Crippen molar-refractivity contribution >= 4 is 17.3 Å². The first-order chi connectivity index (χ1) is 17.5. The lowest BCUT2D eigenvalue weighted by Crippen LogP contribution is -2.42. The molecular formula is C30H33N3O3. The standard InChI is InChI=1S/C30H33N3O3/c1-17-9-22(34)15-28-24(17)16-29(32-28)30(35)33-27-7-8-31-26-6-3-18(13-25(26)27)10-19-11-20-4-5-23(36-2)14-21(20)12-19/h3-6,9,13-15,19,27,29,31-32,34H,7-8,10-12,16H2,1-2H3,(H,33,35). The van der Waals surface area contributed by atoms with E-state index in [4.69, 9.17) is 4.74 Å². The zero-order chi connectivity index (χ0) is 24.8. The highest BCUT2D eigenvalue weighted by molar-refractivity contribution is 5.88. The molecule has 2 heterocycles. The van der Waals surface area contributed by atoms with E-state index in [0.717, 1.165) is 60.5 Å². The largest absolute Gasteiger partial charge is 0.508 e. The Balaban J connectivity index is 1.15. The predicted octanol–water partition coefficient (Wildman–Crippen LogP) is 4.68. The molecule has 0 fully saturated rings. The van der Waals surface area contributed by atoms with Gasteiger partial charge in [-0.2, -0.15) is 0 Å². The maximum absolute atomic E-state index is 13.3. The lowest BCUT2D eigenvalue weighted by Gasteiger charge is -2.29. The van der Waals surface area contributed by atoms with Crippen LogP contribution in [-0.2, 0) is 30.5 Å². The summed E-state index contributed by atoms with van der Waals surface area (Å²) < 4.78 is 5.41. The summed E-state index contributed by atoms with van der Waals surface area (Å²) in [4.78, 5) is 13.3. The Hall–Kier alpha value is -3.67. The number of carbonyl (C=O) groups excluding carboxylic acids is 1. The van der Waals surface area contributed by atoms with Crippen LogP contribution in [0.2, 0.25) is 0 Å². The molecule has 6 heteroatoms. The number of hydrogen-bond acceptors (Lipinski definition) is 5. The van der Waals surface area contributed by atoms with Crippen molar-refractivity contribution in [2.45, 2.75) is 51.1 Å². The highest BCUT2D eigenvalue weighted by atomic mass is 16.5. The van der Waals surface area contributed by atoms with Crippen molar-refractivity contribution in [3.8, 4) is 11.5 Å². The molecule has 36 heavy (non-hydrogen) atoms. The van der Waals surface area contributed by atoms with Crippen LogP contribution in [0.4, 0.5) is 11.4 Å². The van der Waals surface area contributed by atoms with Gasteiger partial charge in [-0.1, -0.05) is 18.2 Å². The number of nitrogens with one attached hydrogen (secondary N) is 3. The number of anilines is 2.